The zero-order valence-electron chi connectivity index (χ0n) is 10.1. The summed E-state index contributed by atoms with van der Waals surface area (Å²) in [6.07, 6.45) is 0.907. The van der Waals surface area contributed by atoms with Crippen LogP contribution in [0.3, 0.4) is 0 Å². The molecule has 0 saturated carbocycles. The molecule has 2 aromatic rings. The topological polar surface area (TPSA) is 93.3 Å². The van der Waals surface area contributed by atoms with E-state index in [4.69, 9.17) is 28.3 Å². The quantitative estimate of drug-likeness (QED) is 0.661. The number of nitrogens with zero attached hydrogens (tertiary/aromatic N) is 2. The van der Waals surface area contributed by atoms with Crippen LogP contribution in [0.5, 0.6) is 0 Å². The molecule has 2 rings (SSSR count). The van der Waals surface area contributed by atoms with Crippen molar-refractivity contribution in [2.75, 3.05) is 0 Å². The maximum Gasteiger partial charge on any atom is 0.342 e. The van der Waals surface area contributed by atoms with Crippen LogP contribution in [0.4, 0.5) is 5.69 Å². The molecule has 6 nitrogen and oxygen atoms in total. The summed E-state index contributed by atoms with van der Waals surface area (Å²) in [5.74, 6) is -1.40. The summed E-state index contributed by atoms with van der Waals surface area (Å²) in [5, 5.41) is 20.9. The van der Waals surface area contributed by atoms with Crippen LogP contribution in [0.15, 0.2) is 40.4 Å². The molecule has 0 aliphatic rings. The number of pyridine rings is 1. The Morgan fingerprint density at radius 2 is 2.05 bits per heavy atom. The molecule has 1 N–H and O–H groups in total. The average molecular weight is 345 g/mol. The highest BCUT2D eigenvalue weighted by atomic mass is 35.5. The van der Waals surface area contributed by atoms with Crippen molar-refractivity contribution in [1.82, 2.24) is 4.98 Å². The van der Waals surface area contributed by atoms with Crippen molar-refractivity contribution < 1.29 is 14.8 Å². The van der Waals surface area contributed by atoms with Gasteiger partial charge in [-0.2, -0.15) is 0 Å². The molecule has 0 aliphatic carbocycles. The van der Waals surface area contributed by atoms with Gasteiger partial charge in [-0.1, -0.05) is 35.0 Å². The first-order chi connectivity index (χ1) is 9.88. The van der Waals surface area contributed by atoms with Crippen LogP contribution in [0.25, 0.3) is 0 Å². The molecule has 1 aromatic carbocycles. The minimum absolute atomic E-state index is 0.266. The second-order valence-corrected chi connectivity index (χ2v) is 5.68. The Kier molecular flexibility index (Phi) is 4.66. The third-order valence-electron chi connectivity index (χ3n) is 2.39. The van der Waals surface area contributed by atoms with Gasteiger partial charge in [0.2, 0.25) is 0 Å². The third-order valence-corrected chi connectivity index (χ3v) is 4.06. The van der Waals surface area contributed by atoms with Crippen molar-refractivity contribution in [1.29, 1.82) is 0 Å². The molecule has 21 heavy (non-hydrogen) atoms. The predicted molar refractivity (Wildman–Crippen MR) is 78.4 cm³/mol. The van der Waals surface area contributed by atoms with Crippen LogP contribution < -0.4 is 0 Å². The Morgan fingerprint density at radius 1 is 1.33 bits per heavy atom. The van der Waals surface area contributed by atoms with Gasteiger partial charge in [-0.15, -0.1) is 0 Å². The van der Waals surface area contributed by atoms with Gasteiger partial charge >= 0.3 is 11.7 Å². The van der Waals surface area contributed by atoms with Gasteiger partial charge in [-0.05, 0) is 24.3 Å². The van der Waals surface area contributed by atoms with Crippen LogP contribution >= 0.6 is 35.0 Å². The molecule has 0 atom stereocenters. The smallest absolute Gasteiger partial charge is 0.342 e. The second kappa shape index (κ2) is 6.30. The normalized spacial score (nSPS) is 10.4. The van der Waals surface area contributed by atoms with Gasteiger partial charge in [0.25, 0.3) is 0 Å². The minimum atomic E-state index is -1.40. The van der Waals surface area contributed by atoms with E-state index >= 15 is 0 Å². The Balaban J connectivity index is 2.41. The number of carboxylic acids is 1. The van der Waals surface area contributed by atoms with Crippen LogP contribution in [0.1, 0.15) is 10.4 Å². The molecule has 108 valence electrons. The van der Waals surface area contributed by atoms with Gasteiger partial charge in [0.05, 0.1) is 9.95 Å². The van der Waals surface area contributed by atoms with Crippen molar-refractivity contribution in [2.45, 2.75) is 9.92 Å². The monoisotopic (exact) mass is 344 g/mol. The third kappa shape index (κ3) is 3.63. The molecular formula is C12H6Cl2N2O4S. The summed E-state index contributed by atoms with van der Waals surface area (Å²) in [5.41, 5.74) is -1.00. The van der Waals surface area contributed by atoms with E-state index in [-0.39, 0.29) is 5.03 Å². The van der Waals surface area contributed by atoms with Crippen molar-refractivity contribution in [3.05, 3.63) is 56.2 Å². The number of rotatable bonds is 4. The fourth-order valence-corrected chi connectivity index (χ4v) is 2.80. The maximum absolute atomic E-state index is 11.1. The molecule has 9 heteroatoms. The Labute approximate surface area is 132 Å². The molecule has 0 unspecified atom stereocenters. The SMILES string of the molecule is O=C(O)c1cc(Sc2cc(Cl)ccc2Cl)ncc1[N+](=O)[O-]. The summed E-state index contributed by atoms with van der Waals surface area (Å²) >= 11 is 12.9. The predicted octanol–water partition coefficient (Wildman–Crippen LogP) is 4.15. The van der Waals surface area contributed by atoms with E-state index < -0.39 is 22.1 Å². The minimum Gasteiger partial charge on any atom is -0.477 e. The van der Waals surface area contributed by atoms with Crippen molar-refractivity contribution in [3.63, 3.8) is 0 Å². The summed E-state index contributed by atoms with van der Waals surface area (Å²) in [6, 6.07) is 5.93. The van der Waals surface area contributed by atoms with Gasteiger partial charge in [0.15, 0.2) is 0 Å². The zero-order valence-corrected chi connectivity index (χ0v) is 12.4. The lowest BCUT2D eigenvalue weighted by atomic mass is 10.2. The molecule has 0 radical (unpaired) electrons. The van der Waals surface area contributed by atoms with E-state index in [0.717, 1.165) is 24.0 Å². The van der Waals surface area contributed by atoms with Crippen molar-refractivity contribution in [2.24, 2.45) is 0 Å². The highest BCUT2D eigenvalue weighted by molar-refractivity contribution is 7.99. The summed E-state index contributed by atoms with van der Waals surface area (Å²) < 4.78 is 0. The van der Waals surface area contributed by atoms with E-state index in [1.54, 1.807) is 18.2 Å². The maximum atomic E-state index is 11.1. The molecule has 0 aliphatic heterocycles. The van der Waals surface area contributed by atoms with Crippen LogP contribution in [0.2, 0.25) is 10.0 Å². The molecule has 0 fully saturated rings. The number of aromatic carboxylic acids is 1. The van der Waals surface area contributed by atoms with E-state index in [9.17, 15) is 14.9 Å². The lowest BCUT2D eigenvalue weighted by Crippen LogP contribution is -2.03. The molecule has 1 aromatic heterocycles. The van der Waals surface area contributed by atoms with Crippen molar-refractivity contribution >= 4 is 46.6 Å². The summed E-state index contributed by atoms with van der Waals surface area (Å²) in [7, 11) is 0. The number of hydrogen-bond acceptors (Lipinski definition) is 5. The van der Waals surface area contributed by atoms with Gasteiger partial charge in [-0.25, -0.2) is 9.78 Å². The van der Waals surface area contributed by atoms with Gasteiger partial charge in [0.1, 0.15) is 16.8 Å². The highest BCUT2D eigenvalue weighted by Crippen LogP contribution is 2.35. The van der Waals surface area contributed by atoms with Gasteiger partial charge in [-0.3, -0.25) is 10.1 Å². The number of carbonyl (C=O) groups is 1. The fraction of sp³-hybridized carbons (Fsp3) is 0. The molecule has 0 bridgehead atoms. The highest BCUT2D eigenvalue weighted by Gasteiger charge is 2.21. The molecular weight excluding hydrogens is 339 g/mol. The number of hydrogen-bond donors (Lipinski definition) is 1. The van der Waals surface area contributed by atoms with Crippen molar-refractivity contribution in [3.8, 4) is 0 Å². The Bertz CT molecular complexity index is 739. The average Bonchev–Trinajstić information content (AvgIpc) is 2.42. The first-order valence-corrected chi connectivity index (χ1v) is 6.96. The standard InChI is InChI=1S/C12H6Cl2N2O4S/c13-6-1-2-8(14)10(3-6)21-11-4-7(12(17)18)9(5-15-11)16(19)20/h1-5H,(H,17,18). The lowest BCUT2D eigenvalue weighted by Gasteiger charge is -2.05. The molecule has 1 heterocycles. The number of halogens is 2. The molecule has 0 amide bonds. The molecule has 0 saturated heterocycles. The Morgan fingerprint density at radius 3 is 2.67 bits per heavy atom. The van der Waals surface area contributed by atoms with Crippen LogP contribution in [0, 0.1) is 10.1 Å². The van der Waals surface area contributed by atoms with Crippen LogP contribution in [-0.4, -0.2) is 21.0 Å². The number of carboxylic acid groups (broad SMARTS) is 1. The largest absolute Gasteiger partial charge is 0.477 e. The number of aromatic nitrogens is 1. The number of nitro groups is 1. The first kappa shape index (κ1) is 15.6. The summed E-state index contributed by atoms with van der Waals surface area (Å²) in [4.78, 5) is 25.5. The van der Waals surface area contributed by atoms with E-state index in [1.165, 1.54) is 0 Å². The van der Waals surface area contributed by atoms with Crippen LogP contribution in [-0.2, 0) is 0 Å². The summed E-state index contributed by atoms with van der Waals surface area (Å²) in [6.45, 7) is 0. The van der Waals surface area contributed by atoms with E-state index in [0.29, 0.717) is 14.9 Å². The lowest BCUT2D eigenvalue weighted by molar-refractivity contribution is -0.385. The Hall–Kier alpha value is -1.83. The first-order valence-electron chi connectivity index (χ1n) is 5.39. The van der Waals surface area contributed by atoms with Gasteiger partial charge < -0.3 is 5.11 Å². The van der Waals surface area contributed by atoms with E-state index in [2.05, 4.69) is 4.98 Å². The number of benzene rings is 1. The van der Waals surface area contributed by atoms with E-state index in [1.807, 2.05) is 0 Å². The second-order valence-electron chi connectivity index (χ2n) is 3.78. The molecule has 0 spiro atoms. The van der Waals surface area contributed by atoms with Gasteiger partial charge in [0, 0.05) is 9.92 Å². The zero-order chi connectivity index (χ0) is 15.6. The fourth-order valence-electron chi connectivity index (χ4n) is 1.47.